The summed E-state index contributed by atoms with van der Waals surface area (Å²) in [4.78, 5) is 0. The van der Waals surface area contributed by atoms with Crippen molar-refractivity contribution in [1.29, 1.82) is 0 Å². The first-order valence-electron chi connectivity index (χ1n) is 8.72. The highest BCUT2D eigenvalue weighted by molar-refractivity contribution is 7.98. The Labute approximate surface area is 168 Å². The molecule has 1 aromatic heterocycles. The predicted molar refractivity (Wildman–Crippen MR) is 109 cm³/mol. The van der Waals surface area contributed by atoms with Gasteiger partial charge in [-0.1, -0.05) is 47.6 Å². The van der Waals surface area contributed by atoms with E-state index >= 15 is 0 Å². The second kappa shape index (κ2) is 9.15. The van der Waals surface area contributed by atoms with Crippen LogP contribution in [-0.2, 0) is 12.3 Å². The Morgan fingerprint density at radius 1 is 1.15 bits per heavy atom. The van der Waals surface area contributed by atoms with Gasteiger partial charge in [0.1, 0.15) is 11.5 Å². The minimum Gasteiger partial charge on any atom is -0.497 e. The van der Waals surface area contributed by atoms with Crippen molar-refractivity contribution in [3.8, 4) is 11.5 Å². The molecule has 0 N–H and O–H groups in total. The maximum atomic E-state index is 6.19. The van der Waals surface area contributed by atoms with Crippen molar-refractivity contribution in [2.45, 2.75) is 37.4 Å². The Hall–Kier alpha value is -2.18. The van der Waals surface area contributed by atoms with Gasteiger partial charge in [-0.25, -0.2) is 0 Å². The van der Waals surface area contributed by atoms with Crippen LogP contribution in [0.2, 0.25) is 5.02 Å². The highest BCUT2D eigenvalue weighted by Gasteiger charge is 2.19. The zero-order valence-electron chi connectivity index (χ0n) is 15.6. The van der Waals surface area contributed by atoms with E-state index < -0.39 is 0 Å². The molecule has 0 spiro atoms. The number of halogens is 1. The summed E-state index contributed by atoms with van der Waals surface area (Å²) < 4.78 is 13.4. The number of hydrogen-bond donors (Lipinski definition) is 0. The smallest absolute Gasteiger partial charge is 0.191 e. The Morgan fingerprint density at radius 2 is 1.96 bits per heavy atom. The lowest BCUT2D eigenvalue weighted by Gasteiger charge is -2.16. The van der Waals surface area contributed by atoms with Crippen LogP contribution in [0.4, 0.5) is 0 Å². The van der Waals surface area contributed by atoms with Gasteiger partial charge in [0.15, 0.2) is 17.1 Å². The monoisotopic (exact) mass is 403 g/mol. The van der Waals surface area contributed by atoms with E-state index in [-0.39, 0.29) is 6.10 Å². The van der Waals surface area contributed by atoms with Crippen LogP contribution in [0.15, 0.2) is 53.7 Å². The summed E-state index contributed by atoms with van der Waals surface area (Å²) in [5.74, 6) is 3.07. The maximum absolute atomic E-state index is 6.19. The second-order valence-electron chi connectivity index (χ2n) is 5.92. The summed E-state index contributed by atoms with van der Waals surface area (Å²) >= 11 is 7.84. The zero-order valence-corrected chi connectivity index (χ0v) is 17.1. The van der Waals surface area contributed by atoms with E-state index in [1.807, 2.05) is 49.4 Å². The quantitative estimate of drug-likeness (QED) is 0.472. The summed E-state index contributed by atoms with van der Waals surface area (Å²) in [6.07, 6.45) is -0.261. The molecule has 1 unspecified atom stereocenters. The van der Waals surface area contributed by atoms with Crippen molar-refractivity contribution >= 4 is 23.4 Å². The predicted octanol–water partition coefficient (Wildman–Crippen LogP) is 5.39. The molecule has 0 radical (unpaired) electrons. The molecule has 0 aliphatic heterocycles. The molecule has 0 saturated heterocycles. The molecule has 7 heteroatoms. The summed E-state index contributed by atoms with van der Waals surface area (Å²) in [7, 11) is 1.67. The lowest BCUT2D eigenvalue weighted by atomic mass is 10.2. The van der Waals surface area contributed by atoms with Gasteiger partial charge in [0.05, 0.1) is 12.1 Å². The maximum Gasteiger partial charge on any atom is 0.191 e. The van der Waals surface area contributed by atoms with Gasteiger partial charge in [0.25, 0.3) is 0 Å². The number of methoxy groups -OCH3 is 1. The molecule has 0 bridgehead atoms. The minimum absolute atomic E-state index is 0.261. The molecule has 2 aromatic carbocycles. The average molecular weight is 404 g/mol. The molecule has 0 fully saturated rings. The molecule has 1 atom stereocenters. The molecule has 0 aliphatic rings. The van der Waals surface area contributed by atoms with Gasteiger partial charge in [-0.15, -0.1) is 10.2 Å². The number of aromatic nitrogens is 3. The van der Waals surface area contributed by atoms with Crippen LogP contribution in [0.25, 0.3) is 0 Å². The van der Waals surface area contributed by atoms with Crippen molar-refractivity contribution in [3.05, 3.63) is 64.9 Å². The average Bonchev–Trinajstić information content (AvgIpc) is 3.11. The number of rotatable bonds is 8. The van der Waals surface area contributed by atoms with Crippen LogP contribution in [0, 0.1) is 0 Å². The van der Waals surface area contributed by atoms with Crippen LogP contribution < -0.4 is 9.47 Å². The number of ether oxygens (including phenoxy) is 2. The first-order chi connectivity index (χ1) is 13.1. The van der Waals surface area contributed by atoms with Crippen LogP contribution in [0.1, 0.15) is 31.3 Å². The fraction of sp³-hybridized carbons (Fsp3) is 0.300. The fourth-order valence-electron chi connectivity index (χ4n) is 2.70. The van der Waals surface area contributed by atoms with Crippen LogP contribution in [0.3, 0.4) is 0 Å². The standard InChI is InChI=1S/C20H22ClN3O2S/c1-4-24-19(14(2)26-18-11-6-5-10-17(18)21)22-23-20(24)27-13-15-8-7-9-16(12-15)25-3/h5-12,14H,4,13H2,1-3H3. The zero-order chi connectivity index (χ0) is 19.2. The van der Waals surface area contributed by atoms with E-state index in [0.717, 1.165) is 29.0 Å². The highest BCUT2D eigenvalue weighted by atomic mass is 35.5. The Morgan fingerprint density at radius 3 is 2.70 bits per heavy atom. The molecule has 142 valence electrons. The molecule has 0 amide bonds. The molecule has 3 aromatic rings. The number of para-hydroxylation sites is 1. The summed E-state index contributed by atoms with van der Waals surface area (Å²) in [6.45, 7) is 4.79. The Balaban J connectivity index is 1.73. The van der Waals surface area contributed by atoms with Gasteiger partial charge in [0.2, 0.25) is 0 Å². The van der Waals surface area contributed by atoms with Crippen molar-refractivity contribution < 1.29 is 9.47 Å². The van der Waals surface area contributed by atoms with Crippen molar-refractivity contribution in [2.75, 3.05) is 7.11 Å². The highest BCUT2D eigenvalue weighted by Crippen LogP contribution is 2.30. The molecule has 1 heterocycles. The van der Waals surface area contributed by atoms with E-state index in [1.165, 1.54) is 5.56 Å². The van der Waals surface area contributed by atoms with Gasteiger partial charge in [0, 0.05) is 12.3 Å². The summed E-state index contributed by atoms with van der Waals surface area (Å²) in [6, 6.07) is 15.5. The molecule has 0 saturated carbocycles. The summed E-state index contributed by atoms with van der Waals surface area (Å²) in [5, 5.41) is 10.2. The lowest BCUT2D eigenvalue weighted by Crippen LogP contribution is -2.12. The van der Waals surface area contributed by atoms with Crippen molar-refractivity contribution in [1.82, 2.24) is 14.8 Å². The summed E-state index contributed by atoms with van der Waals surface area (Å²) in [5.41, 5.74) is 1.17. The minimum atomic E-state index is -0.261. The Kier molecular flexibility index (Phi) is 6.63. The SMILES string of the molecule is CCn1c(SCc2cccc(OC)c2)nnc1C(C)Oc1ccccc1Cl. The van der Waals surface area contributed by atoms with E-state index in [4.69, 9.17) is 21.1 Å². The fourth-order valence-corrected chi connectivity index (χ4v) is 3.83. The Bertz CT molecular complexity index is 900. The topological polar surface area (TPSA) is 49.2 Å². The van der Waals surface area contributed by atoms with Crippen LogP contribution in [0.5, 0.6) is 11.5 Å². The number of thioether (sulfide) groups is 1. The van der Waals surface area contributed by atoms with Crippen molar-refractivity contribution in [2.24, 2.45) is 0 Å². The van der Waals surface area contributed by atoms with E-state index in [1.54, 1.807) is 18.9 Å². The third-order valence-electron chi connectivity index (χ3n) is 4.07. The first kappa shape index (κ1) is 19.6. The van der Waals surface area contributed by atoms with Gasteiger partial charge in [-0.3, -0.25) is 0 Å². The van der Waals surface area contributed by atoms with Gasteiger partial charge in [-0.2, -0.15) is 0 Å². The number of nitrogens with zero attached hydrogens (tertiary/aromatic N) is 3. The second-order valence-corrected chi connectivity index (χ2v) is 7.27. The van der Waals surface area contributed by atoms with E-state index in [0.29, 0.717) is 10.8 Å². The first-order valence-corrected chi connectivity index (χ1v) is 10.1. The molecule has 0 aliphatic carbocycles. The molecule has 27 heavy (non-hydrogen) atoms. The molecular weight excluding hydrogens is 382 g/mol. The third-order valence-corrected chi connectivity index (χ3v) is 5.42. The van der Waals surface area contributed by atoms with Gasteiger partial charge in [-0.05, 0) is 43.7 Å². The van der Waals surface area contributed by atoms with Gasteiger partial charge >= 0.3 is 0 Å². The van der Waals surface area contributed by atoms with Crippen LogP contribution in [-0.4, -0.2) is 21.9 Å². The third kappa shape index (κ3) is 4.76. The normalized spacial score (nSPS) is 12.0. The van der Waals surface area contributed by atoms with Gasteiger partial charge < -0.3 is 14.0 Å². The molecule has 5 nitrogen and oxygen atoms in total. The largest absolute Gasteiger partial charge is 0.497 e. The molecular formula is C20H22ClN3O2S. The van der Waals surface area contributed by atoms with E-state index in [2.05, 4.69) is 27.8 Å². The van der Waals surface area contributed by atoms with Crippen molar-refractivity contribution in [3.63, 3.8) is 0 Å². The van der Waals surface area contributed by atoms with E-state index in [9.17, 15) is 0 Å². The number of benzene rings is 2. The van der Waals surface area contributed by atoms with Crippen LogP contribution >= 0.6 is 23.4 Å². The number of hydrogen-bond acceptors (Lipinski definition) is 5. The lowest BCUT2D eigenvalue weighted by molar-refractivity contribution is 0.210. The molecule has 3 rings (SSSR count).